The molecule has 0 saturated heterocycles. The molecule has 1 aromatic carbocycles. The number of hydrogen-bond acceptors (Lipinski definition) is 2. The summed E-state index contributed by atoms with van der Waals surface area (Å²) < 4.78 is 0. The minimum atomic E-state index is 0.247. The van der Waals surface area contributed by atoms with Crippen LogP contribution in [-0.4, -0.2) is 5.84 Å². The Morgan fingerprint density at radius 2 is 1.82 bits per heavy atom. The molecule has 0 unspecified atom stereocenters. The average Bonchev–Trinajstić information content (AvgIpc) is 1.94. The van der Waals surface area contributed by atoms with Crippen LogP contribution < -0.4 is 22.6 Å². The third-order valence-electron chi connectivity index (χ3n) is 1.42. The molecule has 0 radical (unpaired) electrons. The van der Waals surface area contributed by atoms with E-state index >= 15 is 0 Å². The number of hydrogen-bond donors (Lipinski definition) is 4. The van der Waals surface area contributed by atoms with E-state index in [2.05, 4.69) is 0 Å². The molecular formula is C7H11N4+. The zero-order chi connectivity index (χ0) is 8.43. The summed E-state index contributed by atoms with van der Waals surface area (Å²) in [4.78, 5) is 0. The molecule has 58 valence electrons. The molecule has 1 aromatic rings. The number of nitrogens with two attached hydrogens (primary N) is 4. The Balaban J connectivity index is 3.15. The SMILES string of the molecule is NC(=[NH2+])c1ccc(N)c(N)c1. The van der Waals surface area contributed by atoms with E-state index in [9.17, 15) is 0 Å². The number of rotatable bonds is 1. The monoisotopic (exact) mass is 151 g/mol. The van der Waals surface area contributed by atoms with Gasteiger partial charge >= 0.3 is 0 Å². The highest BCUT2D eigenvalue weighted by Gasteiger charge is 2.02. The zero-order valence-corrected chi connectivity index (χ0v) is 6.04. The first-order chi connectivity index (χ1) is 5.11. The van der Waals surface area contributed by atoms with Gasteiger partial charge in [-0.2, -0.15) is 0 Å². The van der Waals surface area contributed by atoms with Crippen LogP contribution in [0.1, 0.15) is 5.56 Å². The van der Waals surface area contributed by atoms with E-state index in [-0.39, 0.29) is 5.84 Å². The first-order valence-corrected chi connectivity index (χ1v) is 3.14. The van der Waals surface area contributed by atoms with Crippen LogP contribution in [0.25, 0.3) is 0 Å². The van der Waals surface area contributed by atoms with Crippen LogP contribution in [-0.2, 0) is 0 Å². The average molecular weight is 151 g/mol. The third kappa shape index (κ3) is 1.40. The summed E-state index contributed by atoms with van der Waals surface area (Å²) in [7, 11) is 0. The second kappa shape index (κ2) is 2.49. The van der Waals surface area contributed by atoms with Gasteiger partial charge in [0.25, 0.3) is 5.84 Å². The number of nitrogen functional groups attached to an aromatic ring is 2. The topological polar surface area (TPSA) is 104 Å². The van der Waals surface area contributed by atoms with E-state index in [0.29, 0.717) is 16.9 Å². The lowest BCUT2D eigenvalue weighted by Crippen LogP contribution is -2.46. The van der Waals surface area contributed by atoms with Gasteiger partial charge in [-0.1, -0.05) is 0 Å². The van der Waals surface area contributed by atoms with E-state index in [4.69, 9.17) is 22.6 Å². The second-order valence-electron chi connectivity index (χ2n) is 2.30. The molecule has 0 amide bonds. The van der Waals surface area contributed by atoms with Gasteiger partial charge in [0.05, 0.1) is 16.9 Å². The Morgan fingerprint density at radius 3 is 2.27 bits per heavy atom. The van der Waals surface area contributed by atoms with E-state index < -0.39 is 0 Å². The van der Waals surface area contributed by atoms with E-state index in [0.717, 1.165) is 0 Å². The van der Waals surface area contributed by atoms with Crippen LogP contribution in [0.3, 0.4) is 0 Å². The van der Waals surface area contributed by atoms with Gasteiger partial charge in [-0.05, 0) is 18.2 Å². The summed E-state index contributed by atoms with van der Waals surface area (Å²) >= 11 is 0. The minimum absolute atomic E-state index is 0.247. The molecule has 1 rings (SSSR count). The Hall–Kier alpha value is -1.71. The van der Waals surface area contributed by atoms with Crippen molar-refractivity contribution in [3.63, 3.8) is 0 Å². The second-order valence-corrected chi connectivity index (χ2v) is 2.30. The molecule has 4 heteroatoms. The number of amidine groups is 1. The summed E-state index contributed by atoms with van der Waals surface area (Å²) in [5.41, 5.74) is 18.1. The molecule has 0 bridgehead atoms. The van der Waals surface area contributed by atoms with E-state index in [1.165, 1.54) is 0 Å². The lowest BCUT2D eigenvalue weighted by atomic mass is 10.1. The largest absolute Gasteiger partial charge is 0.397 e. The van der Waals surface area contributed by atoms with Crippen molar-refractivity contribution in [3.8, 4) is 0 Å². The van der Waals surface area contributed by atoms with Gasteiger partial charge in [-0.3, -0.25) is 11.1 Å². The molecule has 0 fully saturated rings. The van der Waals surface area contributed by atoms with Crippen molar-refractivity contribution in [3.05, 3.63) is 23.8 Å². The van der Waals surface area contributed by atoms with Crippen LogP contribution in [0.4, 0.5) is 11.4 Å². The fraction of sp³-hybridized carbons (Fsp3) is 0. The maximum atomic E-state index is 5.51. The van der Waals surface area contributed by atoms with Crippen LogP contribution in [0.5, 0.6) is 0 Å². The molecule has 0 aliphatic rings. The molecule has 0 spiro atoms. The van der Waals surface area contributed by atoms with Crippen LogP contribution in [0, 0.1) is 0 Å². The maximum absolute atomic E-state index is 5.51. The third-order valence-corrected chi connectivity index (χ3v) is 1.42. The zero-order valence-electron chi connectivity index (χ0n) is 6.04. The summed E-state index contributed by atoms with van der Waals surface area (Å²) in [5, 5.41) is 5.33. The Morgan fingerprint density at radius 1 is 1.18 bits per heavy atom. The smallest absolute Gasteiger partial charge is 0.270 e. The highest BCUT2D eigenvalue weighted by molar-refractivity contribution is 5.94. The Labute approximate surface area is 64.5 Å². The lowest BCUT2D eigenvalue weighted by molar-refractivity contribution is -0.114. The summed E-state index contributed by atoms with van der Waals surface area (Å²) in [6, 6.07) is 5.04. The van der Waals surface area contributed by atoms with Crippen molar-refractivity contribution in [2.75, 3.05) is 11.5 Å². The highest BCUT2D eigenvalue weighted by Crippen LogP contribution is 2.14. The van der Waals surface area contributed by atoms with Crippen LogP contribution in [0.2, 0.25) is 0 Å². The Kier molecular flexibility index (Phi) is 1.68. The van der Waals surface area contributed by atoms with Gasteiger partial charge in [0.2, 0.25) is 0 Å². The normalized spacial score (nSPS) is 9.45. The van der Waals surface area contributed by atoms with Gasteiger partial charge in [0.1, 0.15) is 0 Å². The molecule has 0 saturated carbocycles. The first-order valence-electron chi connectivity index (χ1n) is 3.14. The molecule has 0 aliphatic heterocycles. The summed E-state index contributed by atoms with van der Waals surface area (Å²) in [6.07, 6.45) is 0. The molecule has 0 atom stereocenters. The molecule has 4 nitrogen and oxygen atoms in total. The van der Waals surface area contributed by atoms with Crippen LogP contribution >= 0.6 is 0 Å². The minimum Gasteiger partial charge on any atom is -0.397 e. The molecular weight excluding hydrogens is 140 g/mol. The molecule has 8 N–H and O–H groups in total. The summed E-state index contributed by atoms with van der Waals surface area (Å²) in [6.45, 7) is 0. The fourth-order valence-corrected chi connectivity index (χ4v) is 0.754. The molecule has 0 aliphatic carbocycles. The van der Waals surface area contributed by atoms with Gasteiger partial charge in [-0.25, -0.2) is 0 Å². The maximum Gasteiger partial charge on any atom is 0.270 e. The Bertz CT molecular complexity index is 292. The molecule has 11 heavy (non-hydrogen) atoms. The standard InChI is InChI=1S/C7H10N4/c8-5-2-1-4(7(10)11)3-6(5)9/h1-3H,8-9H2,(H3,10,11)/p+1. The first kappa shape index (κ1) is 7.40. The number of benzene rings is 1. The summed E-state index contributed by atoms with van der Waals surface area (Å²) in [5.74, 6) is 0.247. The predicted octanol–water partition coefficient (Wildman–Crippen LogP) is -1.68. The van der Waals surface area contributed by atoms with Crippen molar-refractivity contribution in [2.45, 2.75) is 0 Å². The quantitative estimate of drug-likeness (QED) is 0.219. The lowest BCUT2D eigenvalue weighted by Gasteiger charge is -1.99. The highest BCUT2D eigenvalue weighted by atomic mass is 14.7. The van der Waals surface area contributed by atoms with Crippen LogP contribution in [0.15, 0.2) is 18.2 Å². The van der Waals surface area contributed by atoms with Gasteiger partial charge in [-0.15, -0.1) is 0 Å². The van der Waals surface area contributed by atoms with E-state index in [1.807, 2.05) is 0 Å². The van der Waals surface area contributed by atoms with Crippen molar-refractivity contribution < 1.29 is 5.41 Å². The van der Waals surface area contributed by atoms with Gasteiger partial charge < -0.3 is 11.5 Å². The van der Waals surface area contributed by atoms with Crippen molar-refractivity contribution in [1.29, 1.82) is 0 Å². The van der Waals surface area contributed by atoms with E-state index in [1.54, 1.807) is 18.2 Å². The molecule has 0 aromatic heterocycles. The predicted molar refractivity (Wildman–Crippen MR) is 45.5 cm³/mol. The van der Waals surface area contributed by atoms with Crippen molar-refractivity contribution in [1.82, 2.24) is 0 Å². The van der Waals surface area contributed by atoms with Gasteiger partial charge in [0.15, 0.2) is 0 Å². The van der Waals surface area contributed by atoms with Crippen molar-refractivity contribution in [2.24, 2.45) is 5.73 Å². The fourth-order valence-electron chi connectivity index (χ4n) is 0.754. The number of anilines is 2. The van der Waals surface area contributed by atoms with Gasteiger partial charge in [0, 0.05) is 0 Å². The molecule has 0 heterocycles. The van der Waals surface area contributed by atoms with Crippen molar-refractivity contribution >= 4 is 17.2 Å².